The molecule has 1 aliphatic heterocycles. The Morgan fingerprint density at radius 3 is 2.20 bits per heavy atom. The Kier molecular flexibility index (Phi) is 8.83. The highest BCUT2D eigenvalue weighted by Gasteiger charge is 2.31. The number of hydrogen-bond donors (Lipinski definition) is 0. The first-order valence-electron chi connectivity index (χ1n) is 12.1. The van der Waals surface area contributed by atoms with Crippen LogP contribution in [0.2, 0.25) is 0 Å². The lowest BCUT2D eigenvalue weighted by Crippen LogP contribution is -2.49. The normalized spacial score (nSPS) is 16.0. The standard InChI is InChI=1S/C27H36F3N3O2/c1-19-20(2)25(35-18-6-13-31(4)5)12-11-24(19)21(3)32-14-16-33(17-15-32)26(34)22-7-9-23(10-8-22)27(28,29)30/h7-12,21H,6,13-18H2,1-5H3. The molecular weight excluding hydrogens is 455 g/mol. The van der Waals surface area contributed by atoms with E-state index in [1.54, 1.807) is 4.90 Å². The van der Waals surface area contributed by atoms with E-state index in [9.17, 15) is 18.0 Å². The van der Waals surface area contributed by atoms with Crippen LogP contribution in [0.1, 0.15) is 52.0 Å². The molecule has 2 aromatic rings. The number of hydrogen-bond acceptors (Lipinski definition) is 4. The second kappa shape index (κ2) is 11.4. The van der Waals surface area contributed by atoms with Crippen LogP contribution in [-0.2, 0) is 6.18 Å². The lowest BCUT2D eigenvalue weighted by molar-refractivity contribution is -0.137. The highest BCUT2D eigenvalue weighted by molar-refractivity contribution is 5.94. The fourth-order valence-electron chi connectivity index (χ4n) is 4.48. The van der Waals surface area contributed by atoms with Crippen LogP contribution in [0, 0.1) is 13.8 Å². The van der Waals surface area contributed by atoms with Gasteiger partial charge in [-0.1, -0.05) is 6.07 Å². The third kappa shape index (κ3) is 6.76. The molecule has 1 saturated heterocycles. The first-order chi connectivity index (χ1) is 16.5. The zero-order valence-corrected chi connectivity index (χ0v) is 21.3. The molecule has 0 aromatic heterocycles. The fourth-order valence-corrected chi connectivity index (χ4v) is 4.48. The lowest BCUT2D eigenvalue weighted by Gasteiger charge is -2.39. The Balaban J connectivity index is 1.58. The Labute approximate surface area is 206 Å². The van der Waals surface area contributed by atoms with Crippen LogP contribution >= 0.6 is 0 Å². The highest BCUT2D eigenvalue weighted by Crippen LogP contribution is 2.32. The molecule has 1 amide bonds. The number of alkyl halides is 3. The van der Waals surface area contributed by atoms with Gasteiger partial charge in [0.2, 0.25) is 0 Å². The summed E-state index contributed by atoms with van der Waals surface area (Å²) in [6.45, 7) is 10.5. The summed E-state index contributed by atoms with van der Waals surface area (Å²) in [6, 6.07) is 8.81. The molecule has 2 aromatic carbocycles. The minimum absolute atomic E-state index is 0.180. The van der Waals surface area contributed by atoms with Gasteiger partial charge in [0.1, 0.15) is 5.75 Å². The fraction of sp³-hybridized carbons (Fsp3) is 0.519. The van der Waals surface area contributed by atoms with Gasteiger partial charge >= 0.3 is 6.18 Å². The summed E-state index contributed by atoms with van der Waals surface area (Å²) in [5.74, 6) is 0.693. The predicted octanol–water partition coefficient (Wildman–Crippen LogP) is 5.17. The maximum absolute atomic E-state index is 12.8. The third-order valence-corrected chi connectivity index (χ3v) is 6.85. The van der Waals surface area contributed by atoms with E-state index >= 15 is 0 Å². The van der Waals surface area contributed by atoms with E-state index in [1.807, 2.05) is 6.07 Å². The van der Waals surface area contributed by atoms with E-state index in [2.05, 4.69) is 50.7 Å². The molecule has 0 bridgehead atoms. The zero-order chi connectivity index (χ0) is 25.8. The quantitative estimate of drug-likeness (QED) is 0.478. The number of ether oxygens (including phenoxy) is 1. The molecule has 0 aliphatic carbocycles. The van der Waals surface area contributed by atoms with Crippen LogP contribution < -0.4 is 4.74 Å². The molecule has 1 aliphatic rings. The first-order valence-corrected chi connectivity index (χ1v) is 12.1. The van der Waals surface area contributed by atoms with Crippen molar-refractivity contribution in [2.24, 2.45) is 0 Å². The summed E-state index contributed by atoms with van der Waals surface area (Å²) in [6.07, 6.45) is -3.44. The minimum Gasteiger partial charge on any atom is -0.493 e. The van der Waals surface area contributed by atoms with Gasteiger partial charge in [0.05, 0.1) is 12.2 Å². The summed E-state index contributed by atoms with van der Waals surface area (Å²) in [5.41, 5.74) is 3.14. The van der Waals surface area contributed by atoms with E-state index in [4.69, 9.17) is 4.74 Å². The molecule has 35 heavy (non-hydrogen) atoms. The molecule has 1 atom stereocenters. The molecule has 1 unspecified atom stereocenters. The van der Waals surface area contributed by atoms with Gasteiger partial charge in [-0.2, -0.15) is 13.2 Å². The third-order valence-electron chi connectivity index (χ3n) is 6.85. The maximum Gasteiger partial charge on any atom is 0.416 e. The van der Waals surface area contributed by atoms with Gasteiger partial charge in [-0.25, -0.2) is 0 Å². The molecule has 0 spiro atoms. The number of amides is 1. The van der Waals surface area contributed by atoms with E-state index in [0.717, 1.165) is 36.4 Å². The number of nitrogens with zero attached hydrogens (tertiary/aromatic N) is 3. The van der Waals surface area contributed by atoms with Crippen LogP contribution in [0.4, 0.5) is 13.2 Å². The summed E-state index contributed by atoms with van der Waals surface area (Å²) >= 11 is 0. The van der Waals surface area contributed by atoms with Crippen molar-refractivity contribution in [3.63, 3.8) is 0 Å². The average molecular weight is 492 g/mol. The van der Waals surface area contributed by atoms with Crippen molar-refractivity contribution in [3.8, 4) is 5.75 Å². The molecule has 8 heteroatoms. The van der Waals surface area contributed by atoms with E-state index in [-0.39, 0.29) is 17.5 Å². The molecule has 192 valence electrons. The van der Waals surface area contributed by atoms with Crippen LogP contribution in [-0.4, -0.2) is 74.0 Å². The second-order valence-electron chi connectivity index (χ2n) is 9.49. The van der Waals surface area contributed by atoms with Crippen molar-refractivity contribution in [1.82, 2.24) is 14.7 Å². The SMILES string of the molecule is Cc1c(OCCCN(C)C)ccc(C(C)N2CCN(C(=O)c3ccc(C(F)(F)F)cc3)CC2)c1C. The Morgan fingerprint density at radius 2 is 1.63 bits per heavy atom. The smallest absolute Gasteiger partial charge is 0.416 e. The van der Waals surface area contributed by atoms with Crippen molar-refractivity contribution in [2.45, 2.75) is 39.4 Å². The van der Waals surface area contributed by atoms with Gasteiger partial charge in [0.25, 0.3) is 5.91 Å². The predicted molar refractivity (Wildman–Crippen MR) is 132 cm³/mol. The highest BCUT2D eigenvalue weighted by atomic mass is 19.4. The Morgan fingerprint density at radius 1 is 1.00 bits per heavy atom. The van der Waals surface area contributed by atoms with Crippen molar-refractivity contribution in [3.05, 3.63) is 64.2 Å². The van der Waals surface area contributed by atoms with Gasteiger partial charge in [0.15, 0.2) is 0 Å². The van der Waals surface area contributed by atoms with Gasteiger partial charge < -0.3 is 14.5 Å². The van der Waals surface area contributed by atoms with E-state index in [1.165, 1.54) is 23.3 Å². The first kappa shape index (κ1) is 27.0. The minimum atomic E-state index is -4.41. The van der Waals surface area contributed by atoms with Crippen molar-refractivity contribution in [2.75, 3.05) is 53.4 Å². The van der Waals surface area contributed by atoms with Crippen molar-refractivity contribution in [1.29, 1.82) is 0 Å². The van der Waals surface area contributed by atoms with E-state index in [0.29, 0.717) is 32.8 Å². The number of halogens is 3. The summed E-state index contributed by atoms with van der Waals surface area (Å²) < 4.78 is 44.4. The van der Waals surface area contributed by atoms with Crippen molar-refractivity contribution < 1.29 is 22.7 Å². The average Bonchev–Trinajstić information content (AvgIpc) is 2.83. The maximum atomic E-state index is 12.8. The van der Waals surface area contributed by atoms with Gasteiger partial charge in [-0.3, -0.25) is 9.69 Å². The van der Waals surface area contributed by atoms with Gasteiger partial charge in [-0.05, 0) is 88.3 Å². The molecule has 0 radical (unpaired) electrons. The van der Waals surface area contributed by atoms with Crippen LogP contribution in [0.3, 0.4) is 0 Å². The largest absolute Gasteiger partial charge is 0.493 e. The Hall–Kier alpha value is -2.58. The monoisotopic (exact) mass is 491 g/mol. The van der Waals surface area contributed by atoms with Gasteiger partial charge in [0, 0.05) is 44.3 Å². The number of carbonyl (C=O) groups is 1. The number of piperazine rings is 1. The zero-order valence-electron chi connectivity index (χ0n) is 21.3. The summed E-state index contributed by atoms with van der Waals surface area (Å²) in [5, 5.41) is 0. The van der Waals surface area contributed by atoms with Crippen molar-refractivity contribution >= 4 is 5.91 Å². The molecule has 1 fully saturated rings. The number of benzene rings is 2. The van der Waals surface area contributed by atoms with E-state index < -0.39 is 11.7 Å². The molecule has 0 N–H and O–H groups in total. The molecule has 3 rings (SSSR count). The summed E-state index contributed by atoms with van der Waals surface area (Å²) in [7, 11) is 4.10. The second-order valence-corrected chi connectivity index (χ2v) is 9.49. The number of rotatable bonds is 8. The summed E-state index contributed by atoms with van der Waals surface area (Å²) in [4.78, 5) is 19.0. The van der Waals surface area contributed by atoms with Crippen LogP contribution in [0.5, 0.6) is 5.75 Å². The topological polar surface area (TPSA) is 36.0 Å². The number of carbonyl (C=O) groups excluding carboxylic acids is 1. The van der Waals surface area contributed by atoms with Crippen LogP contribution in [0.15, 0.2) is 36.4 Å². The van der Waals surface area contributed by atoms with Crippen LogP contribution in [0.25, 0.3) is 0 Å². The molecule has 0 saturated carbocycles. The van der Waals surface area contributed by atoms with Gasteiger partial charge in [-0.15, -0.1) is 0 Å². The lowest BCUT2D eigenvalue weighted by atomic mass is 9.96. The Bertz CT molecular complexity index is 998. The molecule has 1 heterocycles. The molecular formula is C27H36F3N3O2. The molecule has 5 nitrogen and oxygen atoms in total.